The maximum atomic E-state index is 3.44. The SMILES string of the molecule is CC1(C)c2ccccc2N(c2ccccc2)c2ccc(-c3ccc(-c4ccc(/C=C/Nc5ccc6c(c5)CCC=C6)cc4)cc3)cc21. The van der Waals surface area contributed by atoms with E-state index in [1.807, 2.05) is 6.20 Å². The van der Waals surface area contributed by atoms with E-state index in [0.717, 1.165) is 18.5 Å². The molecule has 0 saturated carbocycles. The van der Waals surface area contributed by atoms with Gasteiger partial charge in [-0.3, -0.25) is 0 Å². The Hall–Kier alpha value is -5.60. The van der Waals surface area contributed by atoms with Gasteiger partial charge in [0.15, 0.2) is 0 Å². The van der Waals surface area contributed by atoms with E-state index in [-0.39, 0.29) is 5.41 Å². The molecule has 2 nitrogen and oxygen atoms in total. The third kappa shape index (κ3) is 5.47. The summed E-state index contributed by atoms with van der Waals surface area (Å²) < 4.78 is 0. The molecule has 6 aromatic rings. The fourth-order valence-corrected chi connectivity index (χ4v) is 7.14. The summed E-state index contributed by atoms with van der Waals surface area (Å²) in [5.74, 6) is 0. The van der Waals surface area contributed by atoms with E-state index in [4.69, 9.17) is 0 Å². The quantitative estimate of drug-likeness (QED) is 0.203. The Morgan fingerprint density at radius 3 is 2.06 bits per heavy atom. The average molecular weight is 607 g/mol. The second kappa shape index (κ2) is 12.0. The Bertz CT molecular complexity index is 2120. The number of benzene rings is 6. The largest absolute Gasteiger partial charge is 0.362 e. The molecular formula is C45H38N2. The molecule has 0 amide bonds. The third-order valence-corrected chi connectivity index (χ3v) is 9.75. The lowest BCUT2D eigenvalue weighted by Crippen LogP contribution is -2.30. The molecule has 0 spiro atoms. The topological polar surface area (TPSA) is 15.3 Å². The van der Waals surface area contributed by atoms with Gasteiger partial charge < -0.3 is 10.2 Å². The van der Waals surface area contributed by atoms with Crippen LogP contribution in [0.2, 0.25) is 0 Å². The van der Waals surface area contributed by atoms with Crippen LogP contribution >= 0.6 is 0 Å². The molecule has 0 saturated heterocycles. The van der Waals surface area contributed by atoms with Gasteiger partial charge in [-0.1, -0.05) is 123 Å². The van der Waals surface area contributed by atoms with E-state index in [1.165, 1.54) is 67.1 Å². The van der Waals surface area contributed by atoms with Crippen LogP contribution in [0.1, 0.15) is 48.1 Å². The van der Waals surface area contributed by atoms with Crippen molar-refractivity contribution in [2.24, 2.45) is 0 Å². The Morgan fingerprint density at radius 1 is 0.617 bits per heavy atom. The van der Waals surface area contributed by atoms with Gasteiger partial charge in [0.05, 0.1) is 11.4 Å². The molecule has 228 valence electrons. The third-order valence-electron chi connectivity index (χ3n) is 9.75. The number of hydrogen-bond acceptors (Lipinski definition) is 2. The van der Waals surface area contributed by atoms with Gasteiger partial charge in [0.25, 0.3) is 0 Å². The van der Waals surface area contributed by atoms with Crippen molar-refractivity contribution in [3.05, 3.63) is 180 Å². The summed E-state index contributed by atoms with van der Waals surface area (Å²) in [7, 11) is 0. The lowest BCUT2D eigenvalue weighted by molar-refractivity contribution is 0.632. The second-order valence-corrected chi connectivity index (χ2v) is 13.1. The summed E-state index contributed by atoms with van der Waals surface area (Å²) in [6.07, 6.45) is 10.9. The molecule has 0 unspecified atom stereocenters. The van der Waals surface area contributed by atoms with Gasteiger partial charge in [-0.2, -0.15) is 0 Å². The number of anilines is 4. The minimum atomic E-state index is -0.128. The zero-order chi connectivity index (χ0) is 31.8. The Labute approximate surface area is 278 Å². The molecule has 47 heavy (non-hydrogen) atoms. The van der Waals surface area contributed by atoms with Crippen LogP contribution in [0.3, 0.4) is 0 Å². The van der Waals surface area contributed by atoms with Gasteiger partial charge in [-0.05, 0) is 111 Å². The highest BCUT2D eigenvalue weighted by molar-refractivity contribution is 5.87. The molecule has 1 aliphatic heterocycles. The van der Waals surface area contributed by atoms with Crippen molar-refractivity contribution in [2.75, 3.05) is 10.2 Å². The monoisotopic (exact) mass is 606 g/mol. The Morgan fingerprint density at radius 2 is 1.28 bits per heavy atom. The number of allylic oxidation sites excluding steroid dienone is 1. The Kier molecular flexibility index (Phi) is 7.34. The van der Waals surface area contributed by atoms with Crippen molar-refractivity contribution >= 4 is 34.9 Å². The fraction of sp³-hybridized carbons (Fsp3) is 0.111. The summed E-state index contributed by atoms with van der Waals surface area (Å²) in [6.45, 7) is 4.70. The van der Waals surface area contributed by atoms with E-state index < -0.39 is 0 Å². The van der Waals surface area contributed by atoms with Crippen molar-refractivity contribution in [3.8, 4) is 22.3 Å². The van der Waals surface area contributed by atoms with Crippen LogP contribution in [0.25, 0.3) is 34.4 Å². The summed E-state index contributed by atoms with van der Waals surface area (Å²) in [4.78, 5) is 2.41. The van der Waals surface area contributed by atoms with Crippen LogP contribution in [0.5, 0.6) is 0 Å². The van der Waals surface area contributed by atoms with Crippen molar-refractivity contribution < 1.29 is 0 Å². The molecule has 6 aromatic carbocycles. The molecule has 1 aliphatic carbocycles. The second-order valence-electron chi connectivity index (χ2n) is 13.1. The van der Waals surface area contributed by atoms with Crippen molar-refractivity contribution in [1.82, 2.24) is 0 Å². The first-order valence-corrected chi connectivity index (χ1v) is 16.6. The highest BCUT2D eigenvalue weighted by Crippen LogP contribution is 2.52. The van der Waals surface area contributed by atoms with Gasteiger partial charge in [-0.25, -0.2) is 0 Å². The highest BCUT2D eigenvalue weighted by atomic mass is 15.2. The Balaban J connectivity index is 1.02. The van der Waals surface area contributed by atoms with Crippen LogP contribution < -0.4 is 10.2 Å². The van der Waals surface area contributed by atoms with Crippen molar-refractivity contribution in [3.63, 3.8) is 0 Å². The van der Waals surface area contributed by atoms with E-state index in [0.29, 0.717) is 0 Å². The van der Waals surface area contributed by atoms with E-state index >= 15 is 0 Å². The minimum Gasteiger partial charge on any atom is -0.362 e. The van der Waals surface area contributed by atoms with E-state index in [2.05, 4.69) is 182 Å². The van der Waals surface area contributed by atoms with E-state index in [1.54, 1.807) is 0 Å². The van der Waals surface area contributed by atoms with Gasteiger partial charge >= 0.3 is 0 Å². The highest BCUT2D eigenvalue weighted by Gasteiger charge is 2.36. The average Bonchev–Trinajstić information content (AvgIpc) is 3.12. The van der Waals surface area contributed by atoms with Crippen LogP contribution in [0.15, 0.2) is 152 Å². The maximum Gasteiger partial charge on any atom is 0.0503 e. The standard InChI is InChI=1S/C45H38N2/c1-45(2)41-14-8-9-15-43(41)47(40-12-4-3-5-13-40)44-27-25-38(31-42(44)45)36-22-20-35(21-23-36)34-18-16-32(17-19-34)28-29-46-39-26-24-33-10-6-7-11-37(33)30-39/h3-6,8-10,12-31,46H,7,11H2,1-2H3/b29-28+. The van der Waals surface area contributed by atoms with Gasteiger partial charge in [0.2, 0.25) is 0 Å². The molecule has 1 N–H and O–H groups in total. The lowest BCUT2D eigenvalue weighted by atomic mass is 9.73. The van der Waals surface area contributed by atoms with E-state index in [9.17, 15) is 0 Å². The first-order chi connectivity index (χ1) is 23.0. The molecule has 0 aromatic heterocycles. The molecule has 0 radical (unpaired) electrons. The van der Waals surface area contributed by atoms with Gasteiger partial charge in [-0.15, -0.1) is 0 Å². The number of para-hydroxylation sites is 2. The number of nitrogens with one attached hydrogen (secondary N) is 1. The molecule has 8 rings (SSSR count). The smallest absolute Gasteiger partial charge is 0.0503 e. The number of aryl methyl sites for hydroxylation is 1. The van der Waals surface area contributed by atoms with Crippen LogP contribution in [0, 0.1) is 0 Å². The van der Waals surface area contributed by atoms with Gasteiger partial charge in [0, 0.05) is 23.0 Å². The molecule has 0 fully saturated rings. The number of rotatable bonds is 6. The summed E-state index contributed by atoms with van der Waals surface area (Å²) in [5, 5.41) is 3.44. The first kappa shape index (κ1) is 28.8. The minimum absolute atomic E-state index is 0.128. The molecule has 0 bridgehead atoms. The number of hydrogen-bond donors (Lipinski definition) is 1. The number of nitrogens with zero attached hydrogens (tertiary/aromatic N) is 1. The van der Waals surface area contributed by atoms with Crippen LogP contribution in [-0.2, 0) is 11.8 Å². The first-order valence-electron chi connectivity index (χ1n) is 16.6. The lowest BCUT2D eigenvalue weighted by Gasteiger charge is -2.42. The predicted molar refractivity (Wildman–Crippen MR) is 201 cm³/mol. The van der Waals surface area contributed by atoms with Crippen LogP contribution in [-0.4, -0.2) is 0 Å². The van der Waals surface area contributed by atoms with Crippen LogP contribution in [0.4, 0.5) is 22.7 Å². The fourth-order valence-electron chi connectivity index (χ4n) is 7.14. The van der Waals surface area contributed by atoms with Gasteiger partial charge in [0.1, 0.15) is 0 Å². The normalized spacial score (nSPS) is 14.4. The molecule has 1 heterocycles. The molecule has 2 aliphatic rings. The maximum absolute atomic E-state index is 3.44. The zero-order valence-corrected chi connectivity index (χ0v) is 26.9. The molecule has 0 atom stereocenters. The molecule has 2 heteroatoms. The summed E-state index contributed by atoms with van der Waals surface area (Å²) in [5.41, 5.74) is 16.2. The predicted octanol–water partition coefficient (Wildman–Crippen LogP) is 12.2. The molecular weight excluding hydrogens is 569 g/mol. The summed E-state index contributed by atoms with van der Waals surface area (Å²) in [6, 6.07) is 50.8. The zero-order valence-electron chi connectivity index (χ0n) is 26.9. The van der Waals surface area contributed by atoms with Crippen molar-refractivity contribution in [1.29, 1.82) is 0 Å². The number of fused-ring (bicyclic) bond motifs is 3. The van der Waals surface area contributed by atoms with Crippen molar-refractivity contribution in [2.45, 2.75) is 32.1 Å². The summed E-state index contributed by atoms with van der Waals surface area (Å²) >= 11 is 0.